The van der Waals surface area contributed by atoms with Gasteiger partial charge in [-0.1, -0.05) is 164 Å². The minimum atomic E-state index is 0.862. The van der Waals surface area contributed by atoms with Gasteiger partial charge in [0, 0.05) is 54.3 Å². The second kappa shape index (κ2) is 14.0. The lowest BCUT2D eigenvalue weighted by Crippen LogP contribution is -2.10. The Kier molecular flexibility index (Phi) is 8.03. The predicted octanol–water partition coefficient (Wildman–Crippen LogP) is 16.4. The number of para-hydroxylation sites is 4. The van der Waals surface area contributed by atoms with Crippen molar-refractivity contribution in [1.82, 2.24) is 4.57 Å². The van der Waals surface area contributed by atoms with E-state index in [1.165, 1.54) is 53.5 Å². The molecule has 4 heteroatoms. The van der Waals surface area contributed by atoms with Crippen LogP contribution in [0.5, 0.6) is 0 Å². The van der Waals surface area contributed by atoms with Gasteiger partial charge in [0.25, 0.3) is 0 Å². The zero-order valence-corrected chi connectivity index (χ0v) is 33.3. The van der Waals surface area contributed by atoms with E-state index in [2.05, 4.69) is 222 Å². The first kappa shape index (κ1) is 34.4. The third kappa shape index (κ3) is 5.57. The number of hydrogen-bond acceptors (Lipinski definition) is 3. The molecule has 0 N–H and O–H groups in total. The van der Waals surface area contributed by atoms with Gasteiger partial charge in [0.1, 0.15) is 10.4 Å². The van der Waals surface area contributed by atoms with Crippen molar-refractivity contribution in [2.24, 2.45) is 0 Å². The molecule has 0 fully saturated rings. The lowest BCUT2D eigenvalue weighted by molar-refractivity contribution is 0.669. The molecule has 282 valence electrons. The largest absolute Gasteiger partial charge is 0.454 e. The molecule has 3 heterocycles. The van der Waals surface area contributed by atoms with Crippen molar-refractivity contribution >= 4 is 81.5 Å². The average Bonchev–Trinajstić information content (AvgIpc) is 4.00. The number of hydrogen-bond donors (Lipinski definition) is 0. The third-order valence-corrected chi connectivity index (χ3v) is 13.0. The summed E-state index contributed by atoms with van der Waals surface area (Å²) in [6.45, 7) is 0. The van der Waals surface area contributed by atoms with Gasteiger partial charge < -0.3 is 13.9 Å². The topological polar surface area (TPSA) is 21.3 Å². The molecular formula is C56H36N2OS. The number of nitrogens with zero attached hydrogens (tertiary/aromatic N) is 2. The molecule has 0 saturated carbocycles. The van der Waals surface area contributed by atoms with E-state index in [0.717, 1.165) is 55.8 Å². The fourth-order valence-electron chi connectivity index (χ4n) is 9.01. The quantitative estimate of drug-likeness (QED) is 0.161. The predicted molar refractivity (Wildman–Crippen MR) is 254 cm³/mol. The van der Waals surface area contributed by atoms with Gasteiger partial charge in [-0.3, -0.25) is 0 Å². The summed E-state index contributed by atoms with van der Waals surface area (Å²) in [6, 6.07) is 78.4. The van der Waals surface area contributed by atoms with E-state index in [1.54, 1.807) is 0 Å². The van der Waals surface area contributed by atoms with Gasteiger partial charge in [-0.05, 0) is 82.4 Å². The van der Waals surface area contributed by atoms with E-state index < -0.39 is 0 Å². The van der Waals surface area contributed by atoms with E-state index in [0.29, 0.717) is 0 Å². The van der Waals surface area contributed by atoms with Crippen LogP contribution in [0.15, 0.2) is 223 Å². The zero-order chi connectivity index (χ0) is 39.6. The summed E-state index contributed by atoms with van der Waals surface area (Å²) in [6.07, 6.45) is 0. The summed E-state index contributed by atoms with van der Waals surface area (Å²) in [5.41, 5.74) is 14.3. The smallest absolute Gasteiger partial charge is 0.159 e. The average molecular weight is 785 g/mol. The SMILES string of the molecule is c1ccc(-c2ccc(-c3ccc(N(c4ccc(-c5cccc6c7c8ccccc8sc7n(-c7ccccc7)c56)cc4)c4cccc5c4oc4ccccc45)cc3)cc2)cc1. The molecule has 0 aliphatic heterocycles. The van der Waals surface area contributed by atoms with Crippen molar-refractivity contribution in [2.75, 3.05) is 4.90 Å². The number of thiophene rings is 1. The number of anilines is 3. The molecule has 0 aliphatic rings. The van der Waals surface area contributed by atoms with Crippen LogP contribution < -0.4 is 4.90 Å². The molecule has 0 amide bonds. The third-order valence-electron chi connectivity index (χ3n) is 11.8. The fraction of sp³-hybridized carbons (Fsp3) is 0. The first-order chi connectivity index (χ1) is 29.8. The van der Waals surface area contributed by atoms with Gasteiger partial charge in [0.05, 0.1) is 11.2 Å². The maximum atomic E-state index is 6.65. The highest BCUT2D eigenvalue weighted by Crippen LogP contribution is 2.47. The molecule has 3 aromatic heterocycles. The van der Waals surface area contributed by atoms with Crippen LogP contribution in [0, 0.1) is 0 Å². The van der Waals surface area contributed by atoms with Crippen molar-refractivity contribution < 1.29 is 4.42 Å². The van der Waals surface area contributed by atoms with Crippen LogP contribution in [0.4, 0.5) is 17.1 Å². The van der Waals surface area contributed by atoms with E-state index in [-0.39, 0.29) is 0 Å². The van der Waals surface area contributed by atoms with Crippen LogP contribution in [0.3, 0.4) is 0 Å². The van der Waals surface area contributed by atoms with E-state index >= 15 is 0 Å². The van der Waals surface area contributed by atoms with Crippen LogP contribution in [0.1, 0.15) is 0 Å². The first-order valence-electron chi connectivity index (χ1n) is 20.3. The summed E-state index contributed by atoms with van der Waals surface area (Å²) in [7, 11) is 0. The Hall–Kier alpha value is -7.66. The molecule has 0 unspecified atom stereocenters. The van der Waals surface area contributed by atoms with Crippen molar-refractivity contribution in [2.45, 2.75) is 0 Å². The molecule has 12 rings (SSSR count). The highest BCUT2D eigenvalue weighted by molar-refractivity contribution is 7.25. The Bertz CT molecular complexity index is 3510. The molecule has 0 atom stereocenters. The monoisotopic (exact) mass is 784 g/mol. The van der Waals surface area contributed by atoms with Gasteiger partial charge in [-0.25, -0.2) is 0 Å². The number of fused-ring (bicyclic) bond motifs is 8. The summed E-state index contributed by atoms with van der Waals surface area (Å²) < 4.78 is 10.4. The van der Waals surface area contributed by atoms with E-state index in [1.807, 2.05) is 17.4 Å². The Labute approximate surface area is 351 Å². The van der Waals surface area contributed by atoms with Gasteiger partial charge in [0.2, 0.25) is 0 Å². The molecule has 0 bridgehead atoms. The highest BCUT2D eigenvalue weighted by Gasteiger charge is 2.22. The highest BCUT2D eigenvalue weighted by atomic mass is 32.1. The number of rotatable bonds is 7. The number of furan rings is 1. The zero-order valence-electron chi connectivity index (χ0n) is 32.5. The fourth-order valence-corrected chi connectivity index (χ4v) is 10.3. The molecule has 0 aliphatic carbocycles. The lowest BCUT2D eigenvalue weighted by Gasteiger charge is -2.26. The Morgan fingerprint density at radius 2 is 0.933 bits per heavy atom. The van der Waals surface area contributed by atoms with E-state index in [9.17, 15) is 0 Å². The number of benzene rings is 9. The number of aromatic nitrogens is 1. The minimum absolute atomic E-state index is 0.862. The van der Waals surface area contributed by atoms with Crippen molar-refractivity contribution in [3.05, 3.63) is 218 Å². The maximum Gasteiger partial charge on any atom is 0.159 e. The van der Waals surface area contributed by atoms with Crippen LogP contribution in [-0.2, 0) is 0 Å². The summed E-state index contributed by atoms with van der Waals surface area (Å²) in [4.78, 5) is 3.59. The van der Waals surface area contributed by atoms with E-state index in [4.69, 9.17) is 4.42 Å². The van der Waals surface area contributed by atoms with Crippen molar-refractivity contribution in [1.29, 1.82) is 0 Å². The molecular weight excluding hydrogens is 749 g/mol. The summed E-state index contributed by atoms with van der Waals surface area (Å²) in [5, 5.41) is 6.09. The Morgan fingerprint density at radius 3 is 1.65 bits per heavy atom. The Balaban J connectivity index is 0.992. The molecule has 60 heavy (non-hydrogen) atoms. The van der Waals surface area contributed by atoms with Gasteiger partial charge in [0.15, 0.2) is 5.58 Å². The molecule has 0 saturated heterocycles. The van der Waals surface area contributed by atoms with Gasteiger partial charge in [-0.2, -0.15) is 0 Å². The molecule has 0 spiro atoms. The minimum Gasteiger partial charge on any atom is -0.454 e. The summed E-state index contributed by atoms with van der Waals surface area (Å²) >= 11 is 1.86. The van der Waals surface area contributed by atoms with Crippen LogP contribution in [0.25, 0.3) is 92.2 Å². The summed E-state index contributed by atoms with van der Waals surface area (Å²) in [5.74, 6) is 0. The van der Waals surface area contributed by atoms with Crippen LogP contribution in [-0.4, -0.2) is 4.57 Å². The molecule has 12 aromatic rings. The van der Waals surface area contributed by atoms with Gasteiger partial charge in [-0.15, -0.1) is 11.3 Å². The normalized spacial score (nSPS) is 11.7. The van der Waals surface area contributed by atoms with Crippen molar-refractivity contribution in [3.63, 3.8) is 0 Å². The Morgan fingerprint density at radius 1 is 0.400 bits per heavy atom. The standard InChI is InChI=1S/C56H36N2OS/c1-3-13-37(14-4-1)38-25-27-39(28-26-38)40-29-33-43(34-30-40)57(50-22-12-20-47-46-17-7-9-23-51(46)59-55(47)50)44-35-31-41(32-36-44)45-19-11-21-49-53-48-18-8-10-24-52(48)60-56(53)58(54(45)49)42-15-5-2-6-16-42/h1-36H. The van der Waals surface area contributed by atoms with Crippen LogP contribution in [0.2, 0.25) is 0 Å². The molecule has 9 aromatic carbocycles. The second-order valence-corrected chi connectivity index (χ2v) is 16.3. The van der Waals surface area contributed by atoms with Gasteiger partial charge >= 0.3 is 0 Å². The second-order valence-electron chi connectivity index (χ2n) is 15.3. The first-order valence-corrected chi connectivity index (χ1v) is 21.2. The lowest BCUT2D eigenvalue weighted by atomic mass is 9.99. The molecule has 0 radical (unpaired) electrons. The van der Waals surface area contributed by atoms with Crippen LogP contribution >= 0.6 is 11.3 Å². The maximum absolute atomic E-state index is 6.65. The van der Waals surface area contributed by atoms with Crippen molar-refractivity contribution in [3.8, 4) is 39.1 Å². The molecule has 3 nitrogen and oxygen atoms in total.